The lowest BCUT2D eigenvalue weighted by atomic mass is 9.98. The van der Waals surface area contributed by atoms with E-state index in [9.17, 15) is 14.7 Å². The number of thioether (sulfide) groups is 1. The third-order valence-electron chi connectivity index (χ3n) is 2.99. The summed E-state index contributed by atoms with van der Waals surface area (Å²) in [5, 5.41) is 12.4. The van der Waals surface area contributed by atoms with Crippen molar-refractivity contribution in [3.63, 3.8) is 0 Å². The Morgan fingerprint density at radius 3 is 2.95 bits per heavy atom. The van der Waals surface area contributed by atoms with E-state index in [1.165, 1.54) is 11.8 Å². The van der Waals surface area contributed by atoms with Crippen LogP contribution in [0.2, 0.25) is 0 Å². The average Bonchev–Trinajstić information content (AvgIpc) is 2.88. The van der Waals surface area contributed by atoms with Crippen LogP contribution in [0.5, 0.6) is 0 Å². The molecule has 0 saturated carbocycles. The Bertz CT molecular complexity index is 500. The summed E-state index contributed by atoms with van der Waals surface area (Å²) >= 11 is 1.34. The smallest absolute Gasteiger partial charge is 0.331 e. The van der Waals surface area contributed by atoms with E-state index in [2.05, 4.69) is 10.3 Å². The molecule has 2 N–H and O–H groups in total. The number of aliphatic carboxylic acids is 1. The van der Waals surface area contributed by atoms with Gasteiger partial charge in [-0.25, -0.2) is 9.78 Å². The fourth-order valence-electron chi connectivity index (χ4n) is 1.90. The van der Waals surface area contributed by atoms with Crippen LogP contribution >= 0.6 is 11.8 Å². The van der Waals surface area contributed by atoms with Crippen LogP contribution in [0.25, 0.3) is 0 Å². The van der Waals surface area contributed by atoms with Crippen molar-refractivity contribution in [2.75, 3.05) is 19.5 Å². The van der Waals surface area contributed by atoms with Crippen molar-refractivity contribution in [3.8, 4) is 0 Å². The maximum Gasteiger partial charge on any atom is 0.331 e. The molecular weight excluding hydrogens is 268 g/mol. The van der Waals surface area contributed by atoms with Gasteiger partial charge in [0, 0.05) is 19.2 Å². The Kier molecular flexibility index (Phi) is 4.06. The molecule has 1 saturated heterocycles. The lowest BCUT2D eigenvalue weighted by Crippen LogP contribution is -2.55. The third kappa shape index (κ3) is 2.71. The van der Waals surface area contributed by atoms with E-state index < -0.39 is 17.4 Å². The summed E-state index contributed by atoms with van der Waals surface area (Å²) in [6.07, 6.45) is 3.67. The SMILES string of the molecule is CSc1ncccc1C(=O)NC1(C(=O)O)CCOC1. The molecule has 1 atom stereocenters. The van der Waals surface area contributed by atoms with E-state index in [-0.39, 0.29) is 13.0 Å². The second kappa shape index (κ2) is 5.58. The summed E-state index contributed by atoms with van der Waals surface area (Å²) in [5.41, 5.74) is -0.953. The van der Waals surface area contributed by atoms with Crippen LogP contribution in [0.3, 0.4) is 0 Å². The number of carboxylic acids is 1. The van der Waals surface area contributed by atoms with Gasteiger partial charge >= 0.3 is 5.97 Å². The second-order valence-corrected chi connectivity index (χ2v) is 5.00. The van der Waals surface area contributed by atoms with Gasteiger partial charge < -0.3 is 15.2 Å². The number of ether oxygens (including phenoxy) is 1. The van der Waals surface area contributed by atoms with Crippen LogP contribution in [0.15, 0.2) is 23.4 Å². The molecular formula is C12H14N2O4S. The molecule has 2 heterocycles. The van der Waals surface area contributed by atoms with Crippen molar-refractivity contribution in [1.29, 1.82) is 0 Å². The Morgan fingerprint density at radius 2 is 2.37 bits per heavy atom. The number of carbonyl (C=O) groups excluding carboxylic acids is 1. The van der Waals surface area contributed by atoms with Crippen LogP contribution in [-0.2, 0) is 9.53 Å². The van der Waals surface area contributed by atoms with Crippen LogP contribution < -0.4 is 5.32 Å². The number of nitrogens with zero attached hydrogens (tertiary/aromatic N) is 1. The lowest BCUT2D eigenvalue weighted by Gasteiger charge is -2.23. The predicted octanol–water partition coefficient (Wildman–Crippen LogP) is 0.777. The second-order valence-electron chi connectivity index (χ2n) is 4.20. The Balaban J connectivity index is 2.23. The summed E-state index contributed by atoms with van der Waals surface area (Å²) in [7, 11) is 0. The number of carboxylic acid groups (broad SMARTS) is 1. The molecule has 0 bridgehead atoms. The van der Waals surface area contributed by atoms with Crippen molar-refractivity contribution in [2.24, 2.45) is 0 Å². The monoisotopic (exact) mass is 282 g/mol. The number of aromatic nitrogens is 1. The molecule has 6 nitrogen and oxygen atoms in total. The summed E-state index contributed by atoms with van der Waals surface area (Å²) in [5.74, 6) is -1.52. The number of pyridine rings is 1. The number of carbonyl (C=O) groups is 2. The molecule has 0 spiro atoms. The molecule has 19 heavy (non-hydrogen) atoms. The van der Waals surface area contributed by atoms with E-state index in [1.807, 2.05) is 6.26 Å². The fraction of sp³-hybridized carbons (Fsp3) is 0.417. The Morgan fingerprint density at radius 1 is 1.58 bits per heavy atom. The molecule has 1 unspecified atom stereocenters. The van der Waals surface area contributed by atoms with Crippen molar-refractivity contribution in [3.05, 3.63) is 23.9 Å². The molecule has 2 rings (SSSR count). The number of rotatable bonds is 4. The largest absolute Gasteiger partial charge is 0.479 e. The summed E-state index contributed by atoms with van der Waals surface area (Å²) < 4.78 is 5.10. The van der Waals surface area contributed by atoms with E-state index in [0.29, 0.717) is 17.2 Å². The van der Waals surface area contributed by atoms with E-state index in [4.69, 9.17) is 4.74 Å². The van der Waals surface area contributed by atoms with Crippen molar-refractivity contribution in [2.45, 2.75) is 17.0 Å². The van der Waals surface area contributed by atoms with Gasteiger partial charge in [-0.2, -0.15) is 0 Å². The van der Waals surface area contributed by atoms with Gasteiger partial charge in [0.15, 0.2) is 5.54 Å². The fourth-order valence-corrected chi connectivity index (χ4v) is 2.44. The minimum Gasteiger partial charge on any atom is -0.479 e. The first kappa shape index (κ1) is 13.8. The predicted molar refractivity (Wildman–Crippen MR) is 69.3 cm³/mol. The first-order valence-electron chi connectivity index (χ1n) is 5.72. The molecule has 1 fully saturated rings. The average molecular weight is 282 g/mol. The molecule has 1 aliphatic rings. The Hall–Kier alpha value is -1.60. The van der Waals surface area contributed by atoms with Crippen molar-refractivity contribution < 1.29 is 19.4 Å². The van der Waals surface area contributed by atoms with Gasteiger partial charge in [-0.05, 0) is 18.4 Å². The highest BCUT2D eigenvalue weighted by molar-refractivity contribution is 7.98. The van der Waals surface area contributed by atoms with Crippen LogP contribution in [0.1, 0.15) is 16.8 Å². The van der Waals surface area contributed by atoms with E-state index >= 15 is 0 Å². The molecule has 1 aromatic heterocycles. The van der Waals surface area contributed by atoms with Gasteiger partial charge in [0.1, 0.15) is 5.03 Å². The molecule has 102 valence electrons. The quantitative estimate of drug-likeness (QED) is 0.793. The number of hydrogen-bond donors (Lipinski definition) is 2. The van der Waals surface area contributed by atoms with E-state index in [0.717, 1.165) is 0 Å². The maximum atomic E-state index is 12.2. The van der Waals surface area contributed by atoms with E-state index in [1.54, 1.807) is 18.3 Å². The van der Waals surface area contributed by atoms with Crippen LogP contribution in [0.4, 0.5) is 0 Å². The zero-order valence-corrected chi connectivity index (χ0v) is 11.2. The van der Waals surface area contributed by atoms with Crippen molar-refractivity contribution >= 4 is 23.6 Å². The minimum atomic E-state index is -1.33. The van der Waals surface area contributed by atoms with Crippen LogP contribution in [-0.4, -0.2) is 47.0 Å². The summed E-state index contributed by atoms with van der Waals surface area (Å²) in [4.78, 5) is 27.6. The molecule has 1 aliphatic heterocycles. The third-order valence-corrected chi connectivity index (χ3v) is 3.70. The molecule has 7 heteroatoms. The number of nitrogens with one attached hydrogen (secondary N) is 1. The Labute approximate surface area is 114 Å². The number of hydrogen-bond acceptors (Lipinski definition) is 5. The van der Waals surface area contributed by atoms with Gasteiger partial charge in [0.05, 0.1) is 12.2 Å². The lowest BCUT2D eigenvalue weighted by molar-refractivity contribution is -0.144. The van der Waals surface area contributed by atoms with Crippen molar-refractivity contribution in [1.82, 2.24) is 10.3 Å². The van der Waals surface area contributed by atoms with Gasteiger partial charge in [0.25, 0.3) is 5.91 Å². The summed E-state index contributed by atoms with van der Waals surface area (Å²) in [6, 6.07) is 3.27. The zero-order valence-electron chi connectivity index (χ0n) is 10.4. The first-order chi connectivity index (χ1) is 9.09. The van der Waals surface area contributed by atoms with Crippen LogP contribution in [0, 0.1) is 0 Å². The summed E-state index contributed by atoms with van der Waals surface area (Å²) in [6.45, 7) is 0.317. The molecule has 0 radical (unpaired) electrons. The minimum absolute atomic E-state index is 0.0110. The van der Waals surface area contributed by atoms with Gasteiger partial charge in [0.2, 0.25) is 0 Å². The topological polar surface area (TPSA) is 88.5 Å². The highest BCUT2D eigenvalue weighted by Gasteiger charge is 2.44. The van der Waals surface area contributed by atoms with Gasteiger partial charge in [-0.1, -0.05) is 0 Å². The van der Waals surface area contributed by atoms with Gasteiger partial charge in [-0.3, -0.25) is 4.79 Å². The zero-order chi connectivity index (χ0) is 13.9. The standard InChI is InChI=1S/C12H14N2O4S/c1-19-10-8(3-2-5-13-10)9(15)14-12(11(16)17)4-6-18-7-12/h2-3,5H,4,6-7H2,1H3,(H,14,15)(H,16,17). The molecule has 0 aromatic carbocycles. The normalized spacial score (nSPS) is 22.2. The highest BCUT2D eigenvalue weighted by Crippen LogP contribution is 2.22. The van der Waals surface area contributed by atoms with Gasteiger partial charge in [-0.15, -0.1) is 11.8 Å². The molecule has 1 amide bonds. The number of amides is 1. The first-order valence-corrected chi connectivity index (χ1v) is 6.94. The highest BCUT2D eigenvalue weighted by atomic mass is 32.2. The molecule has 1 aromatic rings. The maximum absolute atomic E-state index is 12.2. The molecule has 0 aliphatic carbocycles.